The molecule has 1 unspecified atom stereocenters. The SMILES string of the molecule is CC(NCCC(=O)N1CCOCC1)c1cc(F)cc(F)c1. The van der Waals surface area contributed by atoms with Crippen LogP contribution in [-0.4, -0.2) is 43.7 Å². The van der Waals surface area contributed by atoms with Crippen LogP contribution in [0.5, 0.6) is 0 Å². The molecule has 0 saturated carbocycles. The number of hydrogen-bond donors (Lipinski definition) is 1. The number of benzene rings is 1. The Balaban J connectivity index is 1.78. The molecule has 6 heteroatoms. The van der Waals surface area contributed by atoms with Gasteiger partial charge in [-0.05, 0) is 24.6 Å². The summed E-state index contributed by atoms with van der Waals surface area (Å²) < 4.78 is 31.5. The number of morpholine rings is 1. The first-order chi connectivity index (χ1) is 10.1. The summed E-state index contributed by atoms with van der Waals surface area (Å²) >= 11 is 0. The molecule has 1 atom stereocenters. The lowest BCUT2D eigenvalue weighted by Crippen LogP contribution is -2.41. The normalized spacial score (nSPS) is 16.8. The predicted molar refractivity (Wildman–Crippen MR) is 74.8 cm³/mol. The van der Waals surface area contributed by atoms with Crippen molar-refractivity contribution in [3.63, 3.8) is 0 Å². The number of nitrogens with one attached hydrogen (secondary N) is 1. The van der Waals surface area contributed by atoms with Crippen molar-refractivity contribution in [1.29, 1.82) is 0 Å². The molecule has 0 bridgehead atoms. The zero-order valence-electron chi connectivity index (χ0n) is 12.1. The van der Waals surface area contributed by atoms with Crippen molar-refractivity contribution < 1.29 is 18.3 Å². The molecule has 1 aliphatic heterocycles. The van der Waals surface area contributed by atoms with E-state index >= 15 is 0 Å². The number of nitrogens with zero attached hydrogens (tertiary/aromatic N) is 1. The Hall–Kier alpha value is -1.53. The van der Waals surface area contributed by atoms with Gasteiger partial charge in [-0.1, -0.05) is 0 Å². The minimum atomic E-state index is -0.594. The van der Waals surface area contributed by atoms with E-state index in [1.165, 1.54) is 12.1 Å². The largest absolute Gasteiger partial charge is 0.378 e. The van der Waals surface area contributed by atoms with E-state index in [9.17, 15) is 13.6 Å². The molecule has 1 heterocycles. The molecule has 1 N–H and O–H groups in total. The third kappa shape index (κ3) is 4.75. The van der Waals surface area contributed by atoms with E-state index < -0.39 is 11.6 Å². The van der Waals surface area contributed by atoms with Gasteiger partial charge >= 0.3 is 0 Å². The fourth-order valence-corrected chi connectivity index (χ4v) is 2.31. The van der Waals surface area contributed by atoms with Gasteiger partial charge in [-0.25, -0.2) is 8.78 Å². The number of ether oxygens (including phenoxy) is 1. The summed E-state index contributed by atoms with van der Waals surface area (Å²) in [5.41, 5.74) is 0.534. The van der Waals surface area contributed by atoms with Crippen molar-refractivity contribution in [2.45, 2.75) is 19.4 Å². The monoisotopic (exact) mass is 298 g/mol. The van der Waals surface area contributed by atoms with Crippen LogP contribution in [0.1, 0.15) is 24.9 Å². The molecule has 1 amide bonds. The van der Waals surface area contributed by atoms with Crippen molar-refractivity contribution in [2.75, 3.05) is 32.8 Å². The van der Waals surface area contributed by atoms with E-state index in [2.05, 4.69) is 5.32 Å². The average molecular weight is 298 g/mol. The van der Waals surface area contributed by atoms with Crippen molar-refractivity contribution >= 4 is 5.91 Å². The van der Waals surface area contributed by atoms with Crippen LogP contribution in [0.15, 0.2) is 18.2 Å². The number of hydrogen-bond acceptors (Lipinski definition) is 3. The Kier molecular flexibility index (Phi) is 5.64. The molecular weight excluding hydrogens is 278 g/mol. The minimum Gasteiger partial charge on any atom is -0.378 e. The summed E-state index contributed by atoms with van der Waals surface area (Å²) in [7, 11) is 0. The Morgan fingerprint density at radius 3 is 2.52 bits per heavy atom. The van der Waals surface area contributed by atoms with Crippen molar-refractivity contribution in [2.24, 2.45) is 0 Å². The van der Waals surface area contributed by atoms with Gasteiger partial charge in [0, 0.05) is 38.2 Å². The summed E-state index contributed by atoms with van der Waals surface area (Å²) in [6.07, 6.45) is 0.363. The summed E-state index contributed by atoms with van der Waals surface area (Å²) in [5.74, 6) is -1.12. The van der Waals surface area contributed by atoms with Gasteiger partial charge in [-0.15, -0.1) is 0 Å². The van der Waals surface area contributed by atoms with E-state index in [1.54, 1.807) is 4.90 Å². The first-order valence-corrected chi connectivity index (χ1v) is 7.11. The first kappa shape index (κ1) is 15.9. The van der Waals surface area contributed by atoms with Gasteiger partial charge in [0.1, 0.15) is 11.6 Å². The summed E-state index contributed by atoms with van der Waals surface area (Å²) in [6.45, 7) is 4.70. The Bertz CT molecular complexity index is 470. The minimum absolute atomic E-state index is 0.0726. The topological polar surface area (TPSA) is 41.6 Å². The molecule has 1 fully saturated rings. The summed E-state index contributed by atoms with van der Waals surface area (Å²) in [6, 6.07) is 3.22. The van der Waals surface area contributed by atoms with E-state index in [4.69, 9.17) is 4.74 Å². The number of halogens is 2. The highest BCUT2D eigenvalue weighted by Crippen LogP contribution is 2.15. The lowest BCUT2D eigenvalue weighted by atomic mass is 10.1. The molecule has 1 saturated heterocycles. The molecule has 1 aromatic rings. The van der Waals surface area contributed by atoms with Crippen LogP contribution in [0.2, 0.25) is 0 Å². The van der Waals surface area contributed by atoms with Gasteiger partial charge in [0.2, 0.25) is 5.91 Å². The molecule has 0 aromatic heterocycles. The third-order valence-electron chi connectivity index (χ3n) is 3.54. The lowest BCUT2D eigenvalue weighted by molar-refractivity contribution is -0.135. The standard InChI is InChI=1S/C15H20F2N2O2/c1-11(12-8-13(16)10-14(17)9-12)18-3-2-15(20)19-4-6-21-7-5-19/h8-11,18H,2-7H2,1H3. The second-order valence-corrected chi connectivity index (χ2v) is 5.12. The van der Waals surface area contributed by atoms with Crippen LogP contribution in [0, 0.1) is 11.6 Å². The maximum Gasteiger partial charge on any atom is 0.224 e. The predicted octanol–water partition coefficient (Wildman–Crippen LogP) is 1.86. The molecule has 0 aliphatic carbocycles. The molecule has 4 nitrogen and oxygen atoms in total. The molecule has 0 radical (unpaired) electrons. The zero-order chi connectivity index (χ0) is 15.2. The molecule has 1 aliphatic rings. The highest BCUT2D eigenvalue weighted by molar-refractivity contribution is 5.76. The number of amides is 1. The van der Waals surface area contributed by atoms with E-state index in [0.717, 1.165) is 6.07 Å². The van der Waals surface area contributed by atoms with Crippen LogP contribution < -0.4 is 5.32 Å². The van der Waals surface area contributed by atoms with Crippen LogP contribution in [0.3, 0.4) is 0 Å². The van der Waals surface area contributed by atoms with Crippen LogP contribution >= 0.6 is 0 Å². The van der Waals surface area contributed by atoms with Crippen molar-refractivity contribution in [3.8, 4) is 0 Å². The quantitative estimate of drug-likeness (QED) is 0.902. The highest BCUT2D eigenvalue weighted by Gasteiger charge is 2.16. The van der Waals surface area contributed by atoms with Crippen molar-refractivity contribution in [1.82, 2.24) is 10.2 Å². The van der Waals surface area contributed by atoms with Gasteiger partial charge in [0.25, 0.3) is 0 Å². The molecule has 21 heavy (non-hydrogen) atoms. The second-order valence-electron chi connectivity index (χ2n) is 5.12. The van der Waals surface area contributed by atoms with Gasteiger partial charge in [-0.2, -0.15) is 0 Å². The van der Waals surface area contributed by atoms with E-state index in [-0.39, 0.29) is 11.9 Å². The smallest absolute Gasteiger partial charge is 0.224 e. The number of carbonyl (C=O) groups is 1. The van der Waals surface area contributed by atoms with E-state index in [1.807, 2.05) is 6.92 Å². The van der Waals surface area contributed by atoms with Crippen molar-refractivity contribution in [3.05, 3.63) is 35.4 Å². The second kappa shape index (κ2) is 7.47. The van der Waals surface area contributed by atoms with Gasteiger partial charge in [-0.3, -0.25) is 4.79 Å². The first-order valence-electron chi connectivity index (χ1n) is 7.11. The highest BCUT2D eigenvalue weighted by atomic mass is 19.1. The van der Waals surface area contributed by atoms with Crippen LogP contribution in [-0.2, 0) is 9.53 Å². The lowest BCUT2D eigenvalue weighted by Gasteiger charge is -2.27. The molecule has 116 valence electrons. The van der Waals surface area contributed by atoms with Gasteiger partial charge in [0.05, 0.1) is 13.2 Å². The van der Waals surface area contributed by atoms with Gasteiger partial charge in [0.15, 0.2) is 0 Å². The summed E-state index contributed by atoms with van der Waals surface area (Å²) in [5, 5.41) is 3.11. The maximum atomic E-state index is 13.1. The summed E-state index contributed by atoms with van der Waals surface area (Å²) in [4.78, 5) is 13.7. The Morgan fingerprint density at radius 1 is 1.29 bits per heavy atom. The zero-order valence-corrected chi connectivity index (χ0v) is 12.1. The number of rotatable bonds is 5. The average Bonchev–Trinajstić information content (AvgIpc) is 2.47. The van der Waals surface area contributed by atoms with E-state index in [0.29, 0.717) is 44.8 Å². The fourth-order valence-electron chi connectivity index (χ4n) is 2.31. The van der Waals surface area contributed by atoms with Crippen LogP contribution in [0.25, 0.3) is 0 Å². The fraction of sp³-hybridized carbons (Fsp3) is 0.533. The molecule has 2 rings (SSSR count). The van der Waals surface area contributed by atoms with Gasteiger partial charge < -0.3 is 15.0 Å². The Morgan fingerprint density at radius 2 is 1.90 bits per heavy atom. The molecule has 0 spiro atoms. The number of carbonyl (C=O) groups excluding carboxylic acids is 1. The molecular formula is C15H20F2N2O2. The van der Waals surface area contributed by atoms with Crippen LogP contribution in [0.4, 0.5) is 8.78 Å². The maximum absolute atomic E-state index is 13.1. The third-order valence-corrected chi connectivity index (χ3v) is 3.54. The Labute approximate surface area is 123 Å². The molecule has 1 aromatic carbocycles.